The predicted molar refractivity (Wildman–Crippen MR) is 77.3 cm³/mol. The van der Waals surface area contributed by atoms with Gasteiger partial charge in [0.1, 0.15) is 5.76 Å². The van der Waals surface area contributed by atoms with Crippen molar-refractivity contribution >= 4 is 11.3 Å². The largest absolute Gasteiger partial charge is 0.440 e. The first-order valence-corrected chi connectivity index (χ1v) is 7.54. The molecule has 3 heterocycles. The van der Waals surface area contributed by atoms with Crippen LogP contribution in [0.5, 0.6) is 0 Å². The van der Waals surface area contributed by atoms with Crippen LogP contribution in [0.25, 0.3) is 10.8 Å². The van der Waals surface area contributed by atoms with E-state index < -0.39 is 0 Å². The molecule has 102 valence electrons. The zero-order valence-corrected chi connectivity index (χ0v) is 12.2. The van der Waals surface area contributed by atoms with Crippen LogP contribution in [-0.2, 0) is 6.54 Å². The number of nitrogens with one attached hydrogen (secondary N) is 1. The molecule has 1 aliphatic heterocycles. The van der Waals surface area contributed by atoms with Gasteiger partial charge in [-0.1, -0.05) is 6.07 Å². The molecule has 0 radical (unpaired) electrons. The Balaban J connectivity index is 1.72. The summed E-state index contributed by atoms with van der Waals surface area (Å²) in [5, 5.41) is 5.39. The predicted octanol–water partition coefficient (Wildman–Crippen LogP) is 2.51. The highest BCUT2D eigenvalue weighted by atomic mass is 32.1. The fourth-order valence-corrected chi connectivity index (χ4v) is 3.15. The summed E-state index contributed by atoms with van der Waals surface area (Å²) in [5.41, 5.74) is 1.07. The lowest BCUT2D eigenvalue weighted by atomic mass is 10.3. The number of aromatic nitrogens is 1. The molecule has 1 unspecified atom stereocenters. The summed E-state index contributed by atoms with van der Waals surface area (Å²) in [6.45, 7) is 5.12. The number of hydrogen-bond acceptors (Lipinski definition) is 5. The second-order valence-corrected chi connectivity index (χ2v) is 5.96. The second kappa shape index (κ2) is 5.45. The van der Waals surface area contributed by atoms with E-state index in [-0.39, 0.29) is 0 Å². The normalized spacial score (nSPS) is 20.2. The van der Waals surface area contributed by atoms with Crippen molar-refractivity contribution in [3.63, 3.8) is 0 Å². The maximum absolute atomic E-state index is 5.78. The number of nitrogens with zero attached hydrogens (tertiary/aromatic N) is 2. The summed E-state index contributed by atoms with van der Waals surface area (Å²) in [7, 11) is 2.03. The lowest BCUT2D eigenvalue weighted by molar-refractivity contribution is 0.317. The van der Waals surface area contributed by atoms with E-state index in [9.17, 15) is 0 Å². The molecular formula is C14H19N3OS. The molecular weight excluding hydrogens is 258 g/mol. The third-order valence-corrected chi connectivity index (χ3v) is 4.54. The average molecular weight is 277 g/mol. The maximum atomic E-state index is 5.78. The quantitative estimate of drug-likeness (QED) is 0.932. The van der Waals surface area contributed by atoms with Gasteiger partial charge in [-0.05, 0) is 31.8 Å². The Kier molecular flexibility index (Phi) is 3.68. The van der Waals surface area contributed by atoms with Gasteiger partial charge < -0.3 is 9.73 Å². The maximum Gasteiger partial charge on any atom is 0.236 e. The highest BCUT2D eigenvalue weighted by Gasteiger charge is 2.23. The van der Waals surface area contributed by atoms with Crippen molar-refractivity contribution in [2.45, 2.75) is 25.9 Å². The topological polar surface area (TPSA) is 41.3 Å². The van der Waals surface area contributed by atoms with Crippen LogP contribution in [0.15, 0.2) is 21.9 Å². The van der Waals surface area contributed by atoms with E-state index >= 15 is 0 Å². The van der Waals surface area contributed by atoms with E-state index in [0.717, 1.165) is 41.9 Å². The van der Waals surface area contributed by atoms with E-state index in [1.165, 1.54) is 6.42 Å². The Morgan fingerprint density at radius 1 is 1.58 bits per heavy atom. The van der Waals surface area contributed by atoms with Gasteiger partial charge in [-0.2, -0.15) is 0 Å². The van der Waals surface area contributed by atoms with E-state index in [4.69, 9.17) is 4.42 Å². The van der Waals surface area contributed by atoms with E-state index in [2.05, 4.69) is 15.2 Å². The number of thiophene rings is 1. The molecule has 0 saturated carbocycles. The molecule has 0 amide bonds. The van der Waals surface area contributed by atoms with Crippen LogP contribution in [0.4, 0.5) is 0 Å². The third-order valence-electron chi connectivity index (χ3n) is 3.68. The van der Waals surface area contributed by atoms with Crippen molar-refractivity contribution in [2.24, 2.45) is 0 Å². The van der Waals surface area contributed by atoms with Crippen LogP contribution in [0, 0.1) is 6.92 Å². The minimum absolute atomic E-state index is 0.615. The Labute approximate surface area is 117 Å². The van der Waals surface area contributed by atoms with Crippen LogP contribution >= 0.6 is 11.3 Å². The van der Waals surface area contributed by atoms with Crippen LogP contribution < -0.4 is 5.32 Å². The van der Waals surface area contributed by atoms with Gasteiger partial charge in [-0.3, -0.25) is 4.90 Å². The Morgan fingerprint density at radius 3 is 3.16 bits per heavy atom. The monoisotopic (exact) mass is 277 g/mol. The van der Waals surface area contributed by atoms with Gasteiger partial charge in [0.05, 0.1) is 10.6 Å². The molecule has 1 N–H and O–H groups in total. The van der Waals surface area contributed by atoms with Crippen molar-refractivity contribution in [3.8, 4) is 10.8 Å². The fourth-order valence-electron chi connectivity index (χ4n) is 2.50. The van der Waals surface area contributed by atoms with Crippen molar-refractivity contribution < 1.29 is 4.42 Å². The highest BCUT2D eigenvalue weighted by Crippen LogP contribution is 2.26. The molecule has 0 bridgehead atoms. The number of likely N-dealkylation sites (tertiary alicyclic amines) is 1. The summed E-state index contributed by atoms with van der Waals surface area (Å²) in [6.07, 6.45) is 1.21. The van der Waals surface area contributed by atoms with Gasteiger partial charge in [0.2, 0.25) is 5.89 Å². The molecule has 2 aromatic rings. The summed E-state index contributed by atoms with van der Waals surface area (Å²) in [5.74, 6) is 1.70. The zero-order valence-electron chi connectivity index (χ0n) is 11.3. The molecule has 5 heteroatoms. The smallest absolute Gasteiger partial charge is 0.236 e. The molecule has 1 fully saturated rings. The van der Waals surface area contributed by atoms with Gasteiger partial charge in [0.25, 0.3) is 0 Å². The fraction of sp³-hybridized carbons (Fsp3) is 0.500. The van der Waals surface area contributed by atoms with Crippen LogP contribution in [-0.4, -0.2) is 36.1 Å². The Bertz CT molecular complexity index is 535. The van der Waals surface area contributed by atoms with E-state index in [1.807, 2.05) is 31.5 Å². The number of hydrogen-bond donors (Lipinski definition) is 1. The Hall–Kier alpha value is -1.17. The van der Waals surface area contributed by atoms with Gasteiger partial charge >= 0.3 is 0 Å². The molecule has 0 aliphatic carbocycles. The average Bonchev–Trinajstić information content (AvgIpc) is 3.12. The second-order valence-electron chi connectivity index (χ2n) is 5.01. The zero-order chi connectivity index (χ0) is 13.2. The van der Waals surface area contributed by atoms with Crippen LogP contribution in [0.3, 0.4) is 0 Å². The first-order chi connectivity index (χ1) is 9.26. The third kappa shape index (κ3) is 2.73. The minimum atomic E-state index is 0.615. The summed E-state index contributed by atoms with van der Waals surface area (Å²) in [6, 6.07) is 4.69. The minimum Gasteiger partial charge on any atom is -0.440 e. The van der Waals surface area contributed by atoms with Crippen molar-refractivity contribution in [1.82, 2.24) is 15.2 Å². The number of likely N-dealkylation sites (N-methyl/N-ethyl adjacent to an activating group) is 1. The van der Waals surface area contributed by atoms with Crippen molar-refractivity contribution in [3.05, 3.63) is 29.0 Å². The van der Waals surface area contributed by atoms with Crippen molar-refractivity contribution in [2.75, 3.05) is 20.1 Å². The number of oxazole rings is 1. The molecule has 1 aliphatic rings. The number of aryl methyl sites for hydroxylation is 1. The van der Waals surface area contributed by atoms with Crippen LogP contribution in [0.1, 0.15) is 17.9 Å². The molecule has 1 atom stereocenters. The lowest BCUT2D eigenvalue weighted by Gasteiger charge is -2.14. The van der Waals surface area contributed by atoms with Gasteiger partial charge in [0.15, 0.2) is 0 Å². The molecule has 3 rings (SSSR count). The van der Waals surface area contributed by atoms with Crippen molar-refractivity contribution in [1.29, 1.82) is 0 Å². The summed E-state index contributed by atoms with van der Waals surface area (Å²) in [4.78, 5) is 8.18. The number of rotatable bonds is 4. The first kappa shape index (κ1) is 12.8. The van der Waals surface area contributed by atoms with Gasteiger partial charge in [-0.25, -0.2) is 4.98 Å². The Morgan fingerprint density at radius 2 is 2.47 bits per heavy atom. The molecule has 0 spiro atoms. The molecule has 4 nitrogen and oxygen atoms in total. The van der Waals surface area contributed by atoms with Gasteiger partial charge in [-0.15, -0.1) is 11.3 Å². The van der Waals surface area contributed by atoms with E-state index in [1.54, 1.807) is 11.3 Å². The first-order valence-electron chi connectivity index (χ1n) is 6.66. The summed E-state index contributed by atoms with van der Waals surface area (Å²) >= 11 is 1.66. The molecule has 0 aromatic carbocycles. The SMILES string of the molecule is CNC1CCN(Cc2nc(-c3cccs3)oc2C)C1. The molecule has 1 saturated heterocycles. The van der Waals surface area contributed by atoms with E-state index in [0.29, 0.717) is 6.04 Å². The van der Waals surface area contributed by atoms with Gasteiger partial charge in [0, 0.05) is 25.7 Å². The lowest BCUT2D eigenvalue weighted by Crippen LogP contribution is -2.29. The molecule has 19 heavy (non-hydrogen) atoms. The summed E-state index contributed by atoms with van der Waals surface area (Å²) < 4.78 is 5.78. The highest BCUT2D eigenvalue weighted by molar-refractivity contribution is 7.13. The molecule has 2 aromatic heterocycles. The standard InChI is InChI=1S/C14H19N3OS/c1-10-12(9-17-6-5-11(8-17)15-2)16-14(18-10)13-4-3-7-19-13/h3-4,7,11,15H,5-6,8-9H2,1-2H3. The van der Waals surface area contributed by atoms with Crippen LogP contribution in [0.2, 0.25) is 0 Å².